The molecule has 1 aromatic heterocycles. The predicted molar refractivity (Wildman–Crippen MR) is 135 cm³/mol. The molecule has 1 aromatic carbocycles. The number of benzene rings is 1. The Hall–Kier alpha value is -2.52. The van der Waals surface area contributed by atoms with Gasteiger partial charge in [0, 0.05) is 52.9 Å². The summed E-state index contributed by atoms with van der Waals surface area (Å²) in [4.78, 5) is 31.5. The Morgan fingerprint density at radius 3 is 2.71 bits per heavy atom. The number of halogens is 1. The first-order chi connectivity index (χ1) is 16.3. The Labute approximate surface area is 208 Å². The summed E-state index contributed by atoms with van der Waals surface area (Å²) in [6.45, 7) is 8.58. The second kappa shape index (κ2) is 10.4. The average molecular weight is 502 g/mol. The molecular weight excluding hydrogens is 474 g/mol. The van der Waals surface area contributed by atoms with E-state index in [1.807, 2.05) is 38.1 Å². The Morgan fingerprint density at radius 2 is 2.09 bits per heavy atom. The molecule has 0 saturated carbocycles. The molecule has 2 aliphatic rings. The van der Waals surface area contributed by atoms with Crippen LogP contribution in [0.4, 0.5) is 5.69 Å². The molecule has 0 bridgehead atoms. The summed E-state index contributed by atoms with van der Waals surface area (Å²) in [7, 11) is 0. The number of imide groups is 1. The van der Waals surface area contributed by atoms with Crippen LogP contribution in [0.2, 0.25) is 5.02 Å². The van der Waals surface area contributed by atoms with Crippen molar-refractivity contribution in [2.24, 2.45) is 4.99 Å². The highest BCUT2D eigenvalue weighted by atomic mass is 35.5. The van der Waals surface area contributed by atoms with Gasteiger partial charge in [-0.05, 0) is 44.3 Å². The van der Waals surface area contributed by atoms with Gasteiger partial charge >= 0.3 is 0 Å². The van der Waals surface area contributed by atoms with Gasteiger partial charge < -0.3 is 15.2 Å². The average Bonchev–Trinajstić information content (AvgIpc) is 3.52. The van der Waals surface area contributed by atoms with Crippen LogP contribution in [-0.4, -0.2) is 53.8 Å². The molecular formula is C25H28ClN3O4S. The maximum atomic E-state index is 12.1. The van der Waals surface area contributed by atoms with Crippen molar-refractivity contribution in [1.29, 1.82) is 0 Å². The van der Waals surface area contributed by atoms with Crippen molar-refractivity contribution in [2.75, 3.05) is 13.2 Å². The van der Waals surface area contributed by atoms with Crippen molar-refractivity contribution < 1.29 is 19.4 Å². The number of aryl methyl sites for hydroxylation is 1. The highest BCUT2D eigenvalue weighted by molar-refractivity contribution is 7.13. The van der Waals surface area contributed by atoms with Crippen LogP contribution in [0.15, 0.2) is 29.3 Å². The number of allylic oxidation sites excluding steroid dienone is 1. The summed E-state index contributed by atoms with van der Waals surface area (Å²) < 4.78 is 6.43. The number of aliphatic hydroxyl groups is 1. The standard InChI is InChI=1S/C25H28ClN3O4S/c1-4-19(25-21(27-3)10-18(34-25)12-29-22(31)5-6-23(29)32)20-8-15(26)7-14(2)24(20)33-17-9-16(13-30)28-11-17/h4,7-8,10,16-17,28,30H,3,5-6,9,11-13H2,1-2H3/b19-4-/t16-,17-/m0/s1. The van der Waals surface area contributed by atoms with Crippen LogP contribution in [0.1, 0.15) is 47.1 Å². The number of aliphatic hydroxyl groups excluding tert-OH is 1. The Kier molecular flexibility index (Phi) is 7.52. The van der Waals surface area contributed by atoms with Gasteiger partial charge in [-0.15, -0.1) is 11.3 Å². The van der Waals surface area contributed by atoms with Gasteiger partial charge in [0.1, 0.15) is 11.9 Å². The van der Waals surface area contributed by atoms with Gasteiger partial charge in [-0.1, -0.05) is 17.7 Å². The summed E-state index contributed by atoms with van der Waals surface area (Å²) in [6, 6.07) is 5.65. The number of ether oxygens (including phenoxy) is 1. The van der Waals surface area contributed by atoms with Crippen LogP contribution >= 0.6 is 22.9 Å². The zero-order valence-corrected chi connectivity index (χ0v) is 20.8. The minimum atomic E-state index is -0.146. The summed E-state index contributed by atoms with van der Waals surface area (Å²) in [5, 5.41) is 13.3. The van der Waals surface area contributed by atoms with Gasteiger partial charge in [-0.25, -0.2) is 0 Å². The van der Waals surface area contributed by atoms with E-state index in [1.165, 1.54) is 16.2 Å². The molecule has 2 fully saturated rings. The van der Waals surface area contributed by atoms with E-state index in [2.05, 4.69) is 17.0 Å². The molecule has 0 spiro atoms. The molecule has 7 nitrogen and oxygen atoms in total. The molecule has 2 amide bonds. The second-order valence-corrected chi connectivity index (χ2v) is 10.1. The molecule has 34 heavy (non-hydrogen) atoms. The molecule has 2 saturated heterocycles. The van der Waals surface area contributed by atoms with Gasteiger partial charge in [0.15, 0.2) is 0 Å². The molecule has 2 N–H and O–H groups in total. The van der Waals surface area contributed by atoms with Gasteiger partial charge in [0.05, 0.1) is 23.7 Å². The Morgan fingerprint density at radius 1 is 1.35 bits per heavy atom. The van der Waals surface area contributed by atoms with E-state index < -0.39 is 0 Å². The molecule has 0 unspecified atom stereocenters. The smallest absolute Gasteiger partial charge is 0.230 e. The molecule has 2 atom stereocenters. The first-order valence-corrected chi connectivity index (χ1v) is 12.4. The number of carbonyl (C=O) groups is 2. The zero-order valence-electron chi connectivity index (χ0n) is 19.3. The van der Waals surface area contributed by atoms with E-state index in [-0.39, 0.29) is 50.0 Å². The second-order valence-electron chi connectivity index (χ2n) is 8.52. The molecule has 3 heterocycles. The maximum Gasteiger partial charge on any atom is 0.230 e. The number of hydrogen-bond donors (Lipinski definition) is 2. The lowest BCUT2D eigenvalue weighted by Gasteiger charge is -2.20. The number of amides is 2. The lowest BCUT2D eigenvalue weighted by molar-refractivity contribution is -0.138. The molecule has 4 rings (SSSR count). The van der Waals surface area contributed by atoms with Crippen LogP contribution in [0.5, 0.6) is 5.75 Å². The monoisotopic (exact) mass is 501 g/mol. The van der Waals surface area contributed by atoms with Crippen LogP contribution in [0.3, 0.4) is 0 Å². The minimum absolute atomic E-state index is 0.0228. The third-order valence-corrected chi connectivity index (χ3v) is 7.51. The SMILES string of the molecule is C=Nc1cc(CN2C(=O)CCC2=O)sc1/C(=C\C)c1cc(Cl)cc(C)c1O[C@@H]1CN[C@H](CO)C1. The fraction of sp³-hybridized carbons (Fsp3) is 0.400. The fourth-order valence-electron chi connectivity index (χ4n) is 4.45. The third-order valence-electron chi connectivity index (χ3n) is 6.15. The summed E-state index contributed by atoms with van der Waals surface area (Å²) in [5.41, 5.74) is 3.32. The lowest BCUT2D eigenvalue weighted by atomic mass is 9.99. The molecule has 2 aromatic rings. The minimum Gasteiger partial charge on any atom is -0.488 e. The Balaban J connectivity index is 1.70. The quantitative estimate of drug-likeness (QED) is 0.417. The summed E-state index contributed by atoms with van der Waals surface area (Å²) >= 11 is 7.93. The topological polar surface area (TPSA) is 91.2 Å². The van der Waals surface area contributed by atoms with Crippen LogP contribution < -0.4 is 10.1 Å². The number of likely N-dealkylation sites (tertiary alicyclic amines) is 1. The summed E-state index contributed by atoms with van der Waals surface area (Å²) in [5.74, 6) is 0.441. The largest absolute Gasteiger partial charge is 0.488 e. The number of thiophene rings is 1. The predicted octanol–water partition coefficient (Wildman–Crippen LogP) is 4.24. The number of nitrogens with one attached hydrogen (secondary N) is 1. The lowest BCUT2D eigenvalue weighted by Crippen LogP contribution is -2.27. The van der Waals surface area contributed by atoms with Crippen molar-refractivity contribution in [1.82, 2.24) is 10.2 Å². The highest BCUT2D eigenvalue weighted by Gasteiger charge is 2.30. The van der Waals surface area contributed by atoms with Crippen molar-refractivity contribution in [3.05, 3.63) is 50.2 Å². The van der Waals surface area contributed by atoms with Gasteiger partial charge in [-0.3, -0.25) is 19.5 Å². The van der Waals surface area contributed by atoms with Crippen LogP contribution in [-0.2, 0) is 16.1 Å². The van der Waals surface area contributed by atoms with E-state index >= 15 is 0 Å². The van der Waals surface area contributed by atoms with Crippen LogP contribution in [0, 0.1) is 6.92 Å². The normalized spacial score (nSPS) is 20.9. The molecule has 2 aliphatic heterocycles. The van der Waals surface area contributed by atoms with Gasteiger partial charge in [-0.2, -0.15) is 0 Å². The number of rotatable bonds is 8. The van der Waals surface area contributed by atoms with Crippen molar-refractivity contribution in [3.63, 3.8) is 0 Å². The van der Waals surface area contributed by atoms with Gasteiger partial charge in [0.2, 0.25) is 11.8 Å². The highest BCUT2D eigenvalue weighted by Crippen LogP contribution is 2.44. The first kappa shape index (κ1) is 24.6. The molecule has 180 valence electrons. The number of nitrogens with zero attached hydrogens (tertiary/aromatic N) is 2. The molecule has 9 heteroatoms. The third kappa shape index (κ3) is 4.95. The number of carbonyl (C=O) groups excluding carboxylic acids is 2. The van der Waals surface area contributed by atoms with E-state index in [0.29, 0.717) is 23.7 Å². The number of aliphatic imine (C=N–C) groups is 1. The van der Waals surface area contributed by atoms with E-state index in [4.69, 9.17) is 16.3 Å². The number of hydrogen-bond acceptors (Lipinski definition) is 7. The van der Waals surface area contributed by atoms with Crippen molar-refractivity contribution in [3.8, 4) is 5.75 Å². The first-order valence-electron chi connectivity index (χ1n) is 11.2. The fourth-order valence-corrected chi connectivity index (χ4v) is 5.91. The van der Waals surface area contributed by atoms with E-state index in [1.54, 1.807) is 0 Å². The summed E-state index contributed by atoms with van der Waals surface area (Å²) in [6.07, 6.45) is 3.15. The molecule has 0 aliphatic carbocycles. The van der Waals surface area contributed by atoms with E-state index in [9.17, 15) is 14.7 Å². The van der Waals surface area contributed by atoms with E-state index in [0.717, 1.165) is 32.2 Å². The van der Waals surface area contributed by atoms with Crippen LogP contribution in [0.25, 0.3) is 5.57 Å². The maximum absolute atomic E-state index is 12.1. The van der Waals surface area contributed by atoms with Crippen molar-refractivity contribution in [2.45, 2.75) is 51.8 Å². The zero-order chi connectivity index (χ0) is 24.4. The molecule has 0 radical (unpaired) electrons. The van der Waals surface area contributed by atoms with Crippen molar-refractivity contribution >= 4 is 52.7 Å². The Bertz CT molecular complexity index is 1140. The van der Waals surface area contributed by atoms with Gasteiger partial charge in [0.25, 0.3) is 0 Å².